The molecule has 0 aliphatic heterocycles. The molecule has 3 rings (SSSR count). The van der Waals surface area contributed by atoms with Crippen molar-refractivity contribution in [2.75, 3.05) is 0 Å². The largest absolute Gasteiger partial charge is 0.103 e. The Morgan fingerprint density at radius 2 is 1.24 bits per heavy atom. The highest BCUT2D eigenvalue weighted by molar-refractivity contribution is 5.82. The van der Waals surface area contributed by atoms with Gasteiger partial charge in [0.15, 0.2) is 0 Å². The molecule has 0 unspecified atom stereocenters. The Bertz CT molecular complexity index is 655. The number of hydrogen-bond donors (Lipinski definition) is 0. The van der Waals surface area contributed by atoms with Gasteiger partial charge >= 0.3 is 0 Å². The predicted octanol–water partition coefficient (Wildman–Crippen LogP) is 5.72. The molecular formula is C21H22. The molecule has 21 heavy (non-hydrogen) atoms. The molecule has 2 aromatic carbocycles. The van der Waals surface area contributed by atoms with Gasteiger partial charge in [0, 0.05) is 5.41 Å². The van der Waals surface area contributed by atoms with E-state index in [4.69, 9.17) is 0 Å². The highest BCUT2D eigenvalue weighted by Gasteiger charge is 2.41. The molecule has 0 saturated heterocycles. The van der Waals surface area contributed by atoms with E-state index in [1.165, 1.54) is 33.4 Å². The van der Waals surface area contributed by atoms with Crippen molar-refractivity contribution in [2.45, 2.75) is 32.1 Å². The second-order valence-corrected chi connectivity index (χ2v) is 6.17. The van der Waals surface area contributed by atoms with Crippen LogP contribution in [0.15, 0.2) is 61.7 Å². The molecule has 2 aromatic rings. The SMILES string of the molecule is C=CCC1(CC=C)c2cc(C)ccc2-c2ccc(C)cc21. The lowest BCUT2D eigenvalue weighted by Gasteiger charge is -2.30. The minimum atomic E-state index is 0.00616. The fraction of sp³-hybridized carbons (Fsp3) is 0.238. The lowest BCUT2D eigenvalue weighted by atomic mass is 9.72. The van der Waals surface area contributed by atoms with E-state index >= 15 is 0 Å². The first kappa shape index (κ1) is 13.9. The summed E-state index contributed by atoms with van der Waals surface area (Å²) in [6.07, 6.45) is 6.00. The second kappa shape index (κ2) is 5.04. The molecular weight excluding hydrogens is 252 g/mol. The summed E-state index contributed by atoms with van der Waals surface area (Å²) in [5.74, 6) is 0. The van der Waals surface area contributed by atoms with Gasteiger partial charge in [-0.15, -0.1) is 13.2 Å². The van der Waals surface area contributed by atoms with Crippen molar-refractivity contribution in [1.82, 2.24) is 0 Å². The molecule has 1 aliphatic carbocycles. The summed E-state index contributed by atoms with van der Waals surface area (Å²) >= 11 is 0. The first-order valence-corrected chi connectivity index (χ1v) is 7.57. The minimum Gasteiger partial charge on any atom is -0.103 e. The van der Waals surface area contributed by atoms with Crippen molar-refractivity contribution in [1.29, 1.82) is 0 Å². The molecule has 0 atom stereocenters. The molecule has 106 valence electrons. The Morgan fingerprint density at radius 1 is 0.810 bits per heavy atom. The van der Waals surface area contributed by atoms with Crippen LogP contribution >= 0.6 is 0 Å². The quantitative estimate of drug-likeness (QED) is 0.625. The molecule has 1 aliphatic rings. The smallest absolute Gasteiger partial charge is 0.0283 e. The van der Waals surface area contributed by atoms with Gasteiger partial charge in [-0.3, -0.25) is 0 Å². The fourth-order valence-electron chi connectivity index (χ4n) is 3.74. The van der Waals surface area contributed by atoms with Crippen LogP contribution in [0.5, 0.6) is 0 Å². The Morgan fingerprint density at radius 3 is 1.62 bits per heavy atom. The standard InChI is InChI=1S/C21H22/c1-5-11-21(12-6-2)19-13-15(3)7-9-17(19)18-10-8-16(4)14-20(18)21/h5-10,13-14H,1-2,11-12H2,3-4H3. The molecule has 0 fully saturated rings. The van der Waals surface area contributed by atoms with Crippen molar-refractivity contribution < 1.29 is 0 Å². The number of allylic oxidation sites excluding steroid dienone is 2. The zero-order valence-electron chi connectivity index (χ0n) is 12.9. The number of fused-ring (bicyclic) bond motifs is 3. The van der Waals surface area contributed by atoms with Crippen LogP contribution in [0.2, 0.25) is 0 Å². The molecule has 0 saturated carbocycles. The summed E-state index contributed by atoms with van der Waals surface area (Å²) in [5.41, 5.74) is 8.25. The van der Waals surface area contributed by atoms with Gasteiger partial charge in [-0.05, 0) is 48.9 Å². The van der Waals surface area contributed by atoms with Gasteiger partial charge in [0.2, 0.25) is 0 Å². The highest BCUT2D eigenvalue weighted by atomic mass is 14.4. The van der Waals surface area contributed by atoms with Gasteiger partial charge in [-0.2, -0.15) is 0 Å². The lowest BCUT2D eigenvalue weighted by molar-refractivity contribution is 0.542. The van der Waals surface area contributed by atoms with E-state index in [1.807, 2.05) is 12.2 Å². The molecule has 0 spiro atoms. The molecule has 0 bridgehead atoms. The van der Waals surface area contributed by atoms with Gasteiger partial charge in [0.25, 0.3) is 0 Å². The Kier molecular flexibility index (Phi) is 3.33. The molecule has 0 aromatic heterocycles. The minimum absolute atomic E-state index is 0.00616. The molecule has 0 radical (unpaired) electrons. The van der Waals surface area contributed by atoms with Gasteiger partial charge in [-0.1, -0.05) is 59.7 Å². The summed E-state index contributed by atoms with van der Waals surface area (Å²) in [4.78, 5) is 0. The van der Waals surface area contributed by atoms with Gasteiger partial charge < -0.3 is 0 Å². The average Bonchev–Trinajstić information content (AvgIpc) is 2.70. The number of rotatable bonds is 4. The topological polar surface area (TPSA) is 0 Å². The predicted molar refractivity (Wildman–Crippen MR) is 91.8 cm³/mol. The van der Waals surface area contributed by atoms with E-state index in [0.717, 1.165) is 12.8 Å². The molecule has 0 heterocycles. The van der Waals surface area contributed by atoms with Crippen LogP contribution in [0.4, 0.5) is 0 Å². The lowest BCUT2D eigenvalue weighted by Crippen LogP contribution is -2.24. The summed E-state index contributed by atoms with van der Waals surface area (Å²) < 4.78 is 0. The van der Waals surface area contributed by atoms with Crippen LogP contribution in [-0.2, 0) is 5.41 Å². The van der Waals surface area contributed by atoms with E-state index in [2.05, 4.69) is 63.4 Å². The highest BCUT2D eigenvalue weighted by Crippen LogP contribution is 2.53. The van der Waals surface area contributed by atoms with Crippen molar-refractivity contribution >= 4 is 0 Å². The van der Waals surface area contributed by atoms with E-state index in [1.54, 1.807) is 0 Å². The van der Waals surface area contributed by atoms with E-state index in [9.17, 15) is 0 Å². The second-order valence-electron chi connectivity index (χ2n) is 6.17. The van der Waals surface area contributed by atoms with Crippen LogP contribution in [0.1, 0.15) is 35.1 Å². The van der Waals surface area contributed by atoms with Gasteiger partial charge in [-0.25, -0.2) is 0 Å². The third-order valence-electron chi connectivity index (χ3n) is 4.66. The Balaban J connectivity index is 2.37. The van der Waals surface area contributed by atoms with Crippen LogP contribution in [0, 0.1) is 13.8 Å². The van der Waals surface area contributed by atoms with Crippen LogP contribution in [0.25, 0.3) is 11.1 Å². The molecule has 0 nitrogen and oxygen atoms in total. The Hall–Kier alpha value is -2.08. The summed E-state index contributed by atoms with van der Waals surface area (Å²) in [7, 11) is 0. The zero-order valence-corrected chi connectivity index (χ0v) is 12.9. The van der Waals surface area contributed by atoms with Gasteiger partial charge in [0.05, 0.1) is 0 Å². The molecule has 0 amide bonds. The number of hydrogen-bond acceptors (Lipinski definition) is 0. The van der Waals surface area contributed by atoms with Crippen LogP contribution in [-0.4, -0.2) is 0 Å². The Labute approximate surface area is 127 Å². The van der Waals surface area contributed by atoms with Crippen molar-refractivity contribution in [2.24, 2.45) is 0 Å². The van der Waals surface area contributed by atoms with E-state index in [-0.39, 0.29) is 5.41 Å². The maximum atomic E-state index is 4.01. The average molecular weight is 274 g/mol. The summed E-state index contributed by atoms with van der Waals surface area (Å²) in [5, 5.41) is 0. The maximum Gasteiger partial charge on any atom is 0.0283 e. The number of aryl methyl sites for hydroxylation is 2. The third kappa shape index (κ3) is 1.98. The van der Waals surface area contributed by atoms with Crippen LogP contribution < -0.4 is 0 Å². The zero-order chi connectivity index (χ0) is 15.0. The van der Waals surface area contributed by atoms with Crippen LogP contribution in [0.3, 0.4) is 0 Å². The van der Waals surface area contributed by atoms with E-state index < -0.39 is 0 Å². The summed E-state index contributed by atoms with van der Waals surface area (Å²) in [6.45, 7) is 12.4. The maximum absolute atomic E-state index is 4.01. The van der Waals surface area contributed by atoms with Crippen molar-refractivity contribution in [3.05, 3.63) is 84.0 Å². The third-order valence-corrected chi connectivity index (χ3v) is 4.66. The van der Waals surface area contributed by atoms with E-state index in [0.29, 0.717) is 0 Å². The fourth-order valence-corrected chi connectivity index (χ4v) is 3.74. The molecule has 0 heteroatoms. The summed E-state index contributed by atoms with van der Waals surface area (Å²) in [6, 6.07) is 13.6. The van der Waals surface area contributed by atoms with Gasteiger partial charge in [0.1, 0.15) is 0 Å². The molecule has 0 N–H and O–H groups in total. The normalized spacial score (nSPS) is 14.4. The van der Waals surface area contributed by atoms with Crippen molar-refractivity contribution in [3.8, 4) is 11.1 Å². The monoisotopic (exact) mass is 274 g/mol. The van der Waals surface area contributed by atoms with Crippen molar-refractivity contribution in [3.63, 3.8) is 0 Å². The first-order valence-electron chi connectivity index (χ1n) is 7.57. The number of benzene rings is 2. The first-order chi connectivity index (χ1) is 10.1.